The minimum atomic E-state index is -0.0620. The number of ether oxygens (including phenoxy) is 1. The molecular formula is C11H15Cl2NO. The first kappa shape index (κ1) is 12.6. The molecule has 2 nitrogen and oxygen atoms in total. The van der Waals surface area contributed by atoms with Gasteiger partial charge in [-0.05, 0) is 43.5 Å². The molecule has 0 saturated heterocycles. The predicted octanol–water partition coefficient (Wildman–Crippen LogP) is 2.94. The van der Waals surface area contributed by atoms with Crippen molar-refractivity contribution in [2.24, 2.45) is 5.73 Å². The van der Waals surface area contributed by atoms with Gasteiger partial charge in [0.25, 0.3) is 0 Å². The molecule has 2 rings (SSSR count). The van der Waals surface area contributed by atoms with Crippen LogP contribution in [0.25, 0.3) is 0 Å². The minimum Gasteiger partial charge on any atom is -0.492 e. The first-order valence-electron chi connectivity index (χ1n) is 4.77. The second-order valence-corrected chi connectivity index (χ2v) is 4.47. The van der Waals surface area contributed by atoms with Gasteiger partial charge in [-0.3, -0.25) is 0 Å². The molecule has 0 bridgehead atoms. The summed E-state index contributed by atoms with van der Waals surface area (Å²) in [5, 5.41) is 0.770. The van der Waals surface area contributed by atoms with E-state index in [4.69, 9.17) is 22.1 Å². The molecule has 0 radical (unpaired) electrons. The fourth-order valence-corrected chi connectivity index (χ4v) is 1.36. The molecule has 0 spiro atoms. The van der Waals surface area contributed by atoms with Crippen LogP contribution in [0.4, 0.5) is 0 Å². The van der Waals surface area contributed by atoms with Gasteiger partial charge < -0.3 is 10.5 Å². The fraction of sp³-hybridized carbons (Fsp3) is 0.455. The average Bonchev–Trinajstić information content (AvgIpc) is 2.87. The Balaban J connectivity index is 0.00000112. The highest BCUT2D eigenvalue weighted by molar-refractivity contribution is 6.31. The van der Waals surface area contributed by atoms with Gasteiger partial charge in [-0.25, -0.2) is 0 Å². The lowest BCUT2D eigenvalue weighted by Crippen LogP contribution is -2.29. The Morgan fingerprint density at radius 3 is 2.67 bits per heavy atom. The first-order chi connectivity index (χ1) is 6.59. The fourth-order valence-electron chi connectivity index (χ4n) is 1.24. The monoisotopic (exact) mass is 247 g/mol. The van der Waals surface area contributed by atoms with E-state index >= 15 is 0 Å². The zero-order valence-corrected chi connectivity index (χ0v) is 10.2. The Labute approximate surface area is 101 Å². The van der Waals surface area contributed by atoms with E-state index in [2.05, 4.69) is 0 Å². The van der Waals surface area contributed by atoms with E-state index in [0.29, 0.717) is 6.61 Å². The van der Waals surface area contributed by atoms with Gasteiger partial charge in [0.2, 0.25) is 0 Å². The number of hydrogen-bond acceptors (Lipinski definition) is 2. The third-order valence-corrected chi connectivity index (χ3v) is 2.97. The van der Waals surface area contributed by atoms with E-state index < -0.39 is 0 Å². The van der Waals surface area contributed by atoms with Crippen LogP contribution in [0.1, 0.15) is 18.4 Å². The van der Waals surface area contributed by atoms with E-state index in [-0.39, 0.29) is 17.9 Å². The van der Waals surface area contributed by atoms with Crippen LogP contribution in [0.5, 0.6) is 5.75 Å². The standard InChI is InChI=1S/C11H14ClNO.ClH/c1-8-6-9(2-3-10(8)12)14-7-11(13)4-5-11;/h2-3,6H,4-5,7,13H2,1H3;1H. The highest BCUT2D eigenvalue weighted by atomic mass is 35.5. The largest absolute Gasteiger partial charge is 0.492 e. The molecule has 4 heteroatoms. The Bertz CT molecular complexity index is 350. The van der Waals surface area contributed by atoms with Crippen molar-refractivity contribution in [3.8, 4) is 5.75 Å². The maximum atomic E-state index is 5.91. The summed E-state index contributed by atoms with van der Waals surface area (Å²) < 4.78 is 5.59. The van der Waals surface area contributed by atoms with Crippen molar-refractivity contribution < 1.29 is 4.74 Å². The molecule has 1 fully saturated rings. The summed E-state index contributed by atoms with van der Waals surface area (Å²) in [6.07, 6.45) is 2.14. The van der Waals surface area contributed by atoms with Crippen molar-refractivity contribution in [3.05, 3.63) is 28.8 Å². The van der Waals surface area contributed by atoms with Crippen LogP contribution in [0, 0.1) is 6.92 Å². The second kappa shape index (κ2) is 4.60. The van der Waals surface area contributed by atoms with Gasteiger partial charge in [0.05, 0.1) is 5.54 Å². The van der Waals surface area contributed by atoms with Crippen molar-refractivity contribution in [1.82, 2.24) is 0 Å². The predicted molar refractivity (Wildman–Crippen MR) is 65.1 cm³/mol. The van der Waals surface area contributed by atoms with Crippen molar-refractivity contribution in [3.63, 3.8) is 0 Å². The third-order valence-electron chi connectivity index (χ3n) is 2.55. The van der Waals surface area contributed by atoms with Crippen molar-refractivity contribution >= 4 is 24.0 Å². The Hall–Kier alpha value is -0.440. The summed E-state index contributed by atoms with van der Waals surface area (Å²) in [5.41, 5.74) is 6.88. The summed E-state index contributed by atoms with van der Waals surface area (Å²) in [7, 11) is 0. The van der Waals surface area contributed by atoms with Crippen LogP contribution in [-0.4, -0.2) is 12.1 Å². The summed E-state index contributed by atoms with van der Waals surface area (Å²) in [6, 6.07) is 5.66. The molecule has 2 N–H and O–H groups in total. The van der Waals surface area contributed by atoms with Gasteiger partial charge in [0, 0.05) is 5.02 Å². The summed E-state index contributed by atoms with van der Waals surface area (Å²) >= 11 is 5.90. The molecule has 1 aliphatic carbocycles. The number of aryl methyl sites for hydroxylation is 1. The molecule has 0 amide bonds. The quantitative estimate of drug-likeness (QED) is 0.892. The number of rotatable bonds is 3. The normalized spacial score (nSPS) is 16.7. The van der Waals surface area contributed by atoms with Crippen LogP contribution < -0.4 is 10.5 Å². The molecule has 0 heterocycles. The van der Waals surface area contributed by atoms with Crippen LogP contribution in [0.2, 0.25) is 5.02 Å². The molecule has 1 aromatic carbocycles. The lowest BCUT2D eigenvalue weighted by atomic mass is 10.2. The number of hydrogen-bond donors (Lipinski definition) is 1. The summed E-state index contributed by atoms with van der Waals surface area (Å²) in [4.78, 5) is 0. The van der Waals surface area contributed by atoms with E-state index in [1.807, 2.05) is 25.1 Å². The minimum absolute atomic E-state index is 0. The summed E-state index contributed by atoms with van der Waals surface area (Å²) in [5.74, 6) is 0.851. The number of halogens is 2. The van der Waals surface area contributed by atoms with E-state index in [9.17, 15) is 0 Å². The smallest absolute Gasteiger partial charge is 0.119 e. The second-order valence-electron chi connectivity index (χ2n) is 4.06. The molecule has 0 aliphatic heterocycles. The van der Waals surface area contributed by atoms with Gasteiger partial charge in [-0.15, -0.1) is 12.4 Å². The van der Waals surface area contributed by atoms with E-state index in [1.165, 1.54) is 0 Å². The van der Waals surface area contributed by atoms with Gasteiger partial charge >= 0.3 is 0 Å². The number of benzene rings is 1. The van der Waals surface area contributed by atoms with Crippen molar-refractivity contribution in [1.29, 1.82) is 0 Å². The topological polar surface area (TPSA) is 35.2 Å². The highest BCUT2D eigenvalue weighted by Gasteiger charge is 2.39. The molecule has 84 valence electrons. The van der Waals surface area contributed by atoms with Crippen LogP contribution in [-0.2, 0) is 0 Å². The van der Waals surface area contributed by atoms with Crippen molar-refractivity contribution in [2.75, 3.05) is 6.61 Å². The molecule has 0 aromatic heterocycles. The lowest BCUT2D eigenvalue weighted by molar-refractivity contribution is 0.279. The molecule has 0 atom stereocenters. The maximum absolute atomic E-state index is 5.91. The molecule has 0 unspecified atom stereocenters. The lowest BCUT2D eigenvalue weighted by Gasteiger charge is -2.11. The zero-order chi connectivity index (χ0) is 10.2. The van der Waals surface area contributed by atoms with E-state index in [0.717, 1.165) is 29.2 Å². The molecule has 1 saturated carbocycles. The van der Waals surface area contributed by atoms with E-state index in [1.54, 1.807) is 0 Å². The molecule has 1 aliphatic rings. The molecule has 15 heavy (non-hydrogen) atoms. The molecular weight excluding hydrogens is 233 g/mol. The highest BCUT2D eigenvalue weighted by Crippen LogP contribution is 2.33. The first-order valence-corrected chi connectivity index (χ1v) is 5.15. The summed E-state index contributed by atoms with van der Waals surface area (Å²) in [6.45, 7) is 2.57. The molecule has 1 aromatic rings. The van der Waals surface area contributed by atoms with Crippen molar-refractivity contribution in [2.45, 2.75) is 25.3 Å². The average molecular weight is 248 g/mol. The zero-order valence-electron chi connectivity index (χ0n) is 8.63. The maximum Gasteiger partial charge on any atom is 0.119 e. The Morgan fingerprint density at radius 2 is 2.13 bits per heavy atom. The SMILES string of the molecule is Cc1cc(OCC2(N)CC2)ccc1Cl.Cl. The van der Waals surface area contributed by atoms with Crippen LogP contribution >= 0.6 is 24.0 Å². The Morgan fingerprint density at radius 1 is 1.47 bits per heavy atom. The Kier molecular flexibility index (Phi) is 3.87. The third kappa shape index (κ3) is 3.26. The van der Waals surface area contributed by atoms with Gasteiger partial charge in [0.1, 0.15) is 12.4 Å². The van der Waals surface area contributed by atoms with Crippen LogP contribution in [0.3, 0.4) is 0 Å². The number of nitrogens with two attached hydrogens (primary N) is 1. The van der Waals surface area contributed by atoms with Gasteiger partial charge in [0.15, 0.2) is 0 Å². The van der Waals surface area contributed by atoms with Gasteiger partial charge in [-0.1, -0.05) is 11.6 Å². The van der Waals surface area contributed by atoms with Gasteiger partial charge in [-0.2, -0.15) is 0 Å². The van der Waals surface area contributed by atoms with Crippen LogP contribution in [0.15, 0.2) is 18.2 Å².